The standard InChI is InChI=1S/C25H21FN2O3/c1-30-23-10-6-5-9-22(23)24-15-21(27-31-24)17-28(16-18-11-13-20(26)14-12-18)25(29)19-7-3-2-4-8-19/h2-15H,16-17H2,1H3. The van der Waals surface area contributed by atoms with Gasteiger partial charge in [0.05, 0.1) is 19.2 Å². The van der Waals surface area contributed by atoms with Crippen molar-refractivity contribution in [2.24, 2.45) is 0 Å². The maximum Gasteiger partial charge on any atom is 0.254 e. The third-order valence-electron chi connectivity index (χ3n) is 4.88. The Hall–Kier alpha value is -3.93. The molecule has 0 N–H and O–H groups in total. The first-order valence-electron chi connectivity index (χ1n) is 9.82. The quantitative estimate of drug-likeness (QED) is 0.409. The molecule has 4 aromatic rings. The normalized spacial score (nSPS) is 10.6. The molecule has 1 aromatic heterocycles. The van der Waals surface area contributed by atoms with Gasteiger partial charge in [0.15, 0.2) is 5.76 Å². The second-order valence-electron chi connectivity index (χ2n) is 7.04. The van der Waals surface area contributed by atoms with Gasteiger partial charge in [-0.2, -0.15) is 0 Å². The number of rotatable bonds is 7. The summed E-state index contributed by atoms with van der Waals surface area (Å²) in [6.45, 7) is 0.550. The van der Waals surface area contributed by atoms with Gasteiger partial charge in [0.2, 0.25) is 0 Å². The molecule has 4 rings (SSSR count). The molecule has 31 heavy (non-hydrogen) atoms. The fraction of sp³-hybridized carbons (Fsp3) is 0.120. The molecule has 1 heterocycles. The number of aromatic nitrogens is 1. The highest BCUT2D eigenvalue weighted by atomic mass is 19.1. The average Bonchev–Trinajstić information content (AvgIpc) is 3.28. The lowest BCUT2D eigenvalue weighted by Gasteiger charge is -2.22. The van der Waals surface area contributed by atoms with Crippen molar-refractivity contribution in [2.45, 2.75) is 13.1 Å². The third-order valence-corrected chi connectivity index (χ3v) is 4.88. The molecule has 5 nitrogen and oxygen atoms in total. The van der Waals surface area contributed by atoms with E-state index in [1.165, 1.54) is 12.1 Å². The van der Waals surface area contributed by atoms with Gasteiger partial charge < -0.3 is 14.2 Å². The second-order valence-corrected chi connectivity index (χ2v) is 7.04. The number of carbonyl (C=O) groups is 1. The van der Waals surface area contributed by atoms with Crippen LogP contribution in [0.15, 0.2) is 89.5 Å². The molecule has 156 valence electrons. The van der Waals surface area contributed by atoms with Crippen molar-refractivity contribution in [1.29, 1.82) is 0 Å². The first-order chi connectivity index (χ1) is 15.1. The first kappa shape index (κ1) is 20.3. The van der Waals surface area contributed by atoms with E-state index in [1.807, 2.05) is 42.5 Å². The zero-order valence-corrected chi connectivity index (χ0v) is 17.0. The van der Waals surface area contributed by atoms with Crippen LogP contribution >= 0.6 is 0 Å². The van der Waals surface area contributed by atoms with Crippen molar-refractivity contribution < 1.29 is 18.4 Å². The molecule has 0 aliphatic heterocycles. The Morgan fingerprint density at radius 1 is 0.968 bits per heavy atom. The van der Waals surface area contributed by atoms with Crippen LogP contribution in [0.4, 0.5) is 4.39 Å². The zero-order chi connectivity index (χ0) is 21.6. The lowest BCUT2D eigenvalue weighted by atomic mass is 10.1. The summed E-state index contributed by atoms with van der Waals surface area (Å²) in [7, 11) is 1.60. The summed E-state index contributed by atoms with van der Waals surface area (Å²) in [5.41, 5.74) is 2.77. The van der Waals surface area contributed by atoms with E-state index in [0.717, 1.165) is 11.1 Å². The first-order valence-corrected chi connectivity index (χ1v) is 9.82. The Balaban J connectivity index is 1.61. The van der Waals surface area contributed by atoms with Crippen molar-refractivity contribution in [1.82, 2.24) is 10.1 Å². The molecule has 0 fully saturated rings. The Kier molecular flexibility index (Phi) is 6.08. The Labute approximate surface area is 179 Å². The topological polar surface area (TPSA) is 55.6 Å². The van der Waals surface area contributed by atoms with Gasteiger partial charge in [-0.25, -0.2) is 4.39 Å². The largest absolute Gasteiger partial charge is 0.496 e. The molecule has 0 unspecified atom stereocenters. The molecule has 3 aromatic carbocycles. The van der Waals surface area contributed by atoms with E-state index in [-0.39, 0.29) is 18.3 Å². The molecule has 0 saturated carbocycles. The van der Waals surface area contributed by atoms with Gasteiger partial charge in [-0.05, 0) is 42.0 Å². The fourth-order valence-corrected chi connectivity index (χ4v) is 3.33. The van der Waals surface area contributed by atoms with Gasteiger partial charge in [-0.1, -0.05) is 47.6 Å². The van der Waals surface area contributed by atoms with Crippen molar-refractivity contribution in [3.8, 4) is 17.1 Å². The van der Waals surface area contributed by atoms with Crippen LogP contribution in [-0.2, 0) is 13.1 Å². The van der Waals surface area contributed by atoms with E-state index in [4.69, 9.17) is 9.26 Å². The fourth-order valence-electron chi connectivity index (χ4n) is 3.33. The highest BCUT2D eigenvalue weighted by molar-refractivity contribution is 5.94. The molecule has 0 bridgehead atoms. The van der Waals surface area contributed by atoms with Crippen LogP contribution in [0.1, 0.15) is 21.6 Å². The summed E-state index contributed by atoms with van der Waals surface area (Å²) >= 11 is 0. The molecule has 1 amide bonds. The summed E-state index contributed by atoms with van der Waals surface area (Å²) in [5.74, 6) is 0.768. The van der Waals surface area contributed by atoms with Gasteiger partial charge in [0, 0.05) is 18.2 Å². The van der Waals surface area contributed by atoms with Crippen LogP contribution in [-0.4, -0.2) is 23.1 Å². The number of amides is 1. The SMILES string of the molecule is COc1ccccc1-c1cc(CN(Cc2ccc(F)cc2)C(=O)c2ccccc2)no1. The number of methoxy groups -OCH3 is 1. The number of hydrogen-bond acceptors (Lipinski definition) is 4. The van der Waals surface area contributed by atoms with Gasteiger partial charge in [0.1, 0.15) is 17.3 Å². The highest BCUT2D eigenvalue weighted by Gasteiger charge is 2.19. The maximum atomic E-state index is 13.3. The van der Waals surface area contributed by atoms with E-state index < -0.39 is 0 Å². The van der Waals surface area contributed by atoms with Gasteiger partial charge >= 0.3 is 0 Å². The summed E-state index contributed by atoms with van der Waals surface area (Å²) in [6.07, 6.45) is 0. The van der Waals surface area contributed by atoms with Gasteiger partial charge in [-0.3, -0.25) is 4.79 Å². The molecule has 0 aliphatic rings. The monoisotopic (exact) mass is 416 g/mol. The van der Waals surface area contributed by atoms with Crippen LogP contribution < -0.4 is 4.74 Å². The van der Waals surface area contributed by atoms with Gasteiger partial charge in [-0.15, -0.1) is 0 Å². The van der Waals surface area contributed by atoms with E-state index in [0.29, 0.717) is 29.3 Å². The van der Waals surface area contributed by atoms with Crippen molar-refractivity contribution in [2.75, 3.05) is 7.11 Å². The average molecular weight is 416 g/mol. The smallest absolute Gasteiger partial charge is 0.254 e. The number of nitrogens with zero attached hydrogens (tertiary/aromatic N) is 2. The number of halogens is 1. The van der Waals surface area contributed by atoms with E-state index in [1.54, 1.807) is 42.3 Å². The van der Waals surface area contributed by atoms with E-state index >= 15 is 0 Å². The summed E-state index contributed by atoms with van der Waals surface area (Å²) in [4.78, 5) is 14.8. The minimum atomic E-state index is -0.317. The molecule has 0 aliphatic carbocycles. The Bertz CT molecular complexity index is 1160. The zero-order valence-electron chi connectivity index (χ0n) is 17.0. The summed E-state index contributed by atoms with van der Waals surface area (Å²) in [5, 5.41) is 4.16. The maximum absolute atomic E-state index is 13.3. The molecule has 0 saturated heterocycles. The minimum Gasteiger partial charge on any atom is -0.496 e. The van der Waals surface area contributed by atoms with Crippen LogP contribution in [0.25, 0.3) is 11.3 Å². The van der Waals surface area contributed by atoms with Crippen LogP contribution in [0.5, 0.6) is 5.75 Å². The predicted octanol–water partition coefficient (Wildman–Crippen LogP) is 5.33. The number of ether oxygens (including phenoxy) is 1. The molecule has 0 atom stereocenters. The molecule has 0 radical (unpaired) electrons. The van der Waals surface area contributed by atoms with Crippen LogP contribution in [0.2, 0.25) is 0 Å². The predicted molar refractivity (Wildman–Crippen MR) is 115 cm³/mol. The molecular formula is C25H21FN2O3. The number of benzene rings is 3. The number of hydrogen-bond donors (Lipinski definition) is 0. The van der Waals surface area contributed by atoms with Crippen LogP contribution in [0.3, 0.4) is 0 Å². The third kappa shape index (κ3) is 4.80. The summed E-state index contributed by atoms with van der Waals surface area (Å²) in [6, 6.07) is 24.4. The minimum absolute atomic E-state index is 0.147. The molecule has 6 heteroatoms. The van der Waals surface area contributed by atoms with Crippen LogP contribution in [0, 0.1) is 5.82 Å². The number of para-hydroxylation sites is 1. The lowest BCUT2D eigenvalue weighted by molar-refractivity contribution is 0.0726. The Morgan fingerprint density at radius 2 is 1.68 bits per heavy atom. The van der Waals surface area contributed by atoms with Gasteiger partial charge in [0.25, 0.3) is 5.91 Å². The van der Waals surface area contributed by atoms with Crippen molar-refractivity contribution >= 4 is 5.91 Å². The number of carbonyl (C=O) groups excluding carboxylic acids is 1. The molecule has 0 spiro atoms. The van der Waals surface area contributed by atoms with E-state index in [9.17, 15) is 9.18 Å². The molecular weight excluding hydrogens is 395 g/mol. The van der Waals surface area contributed by atoms with E-state index in [2.05, 4.69) is 5.16 Å². The Morgan fingerprint density at radius 3 is 2.42 bits per heavy atom. The lowest BCUT2D eigenvalue weighted by Crippen LogP contribution is -2.30. The van der Waals surface area contributed by atoms with Crippen molar-refractivity contribution in [3.05, 3.63) is 108 Å². The summed E-state index contributed by atoms with van der Waals surface area (Å²) < 4.78 is 24.2. The highest BCUT2D eigenvalue weighted by Crippen LogP contribution is 2.30. The van der Waals surface area contributed by atoms with Crippen molar-refractivity contribution in [3.63, 3.8) is 0 Å². The second kappa shape index (κ2) is 9.26.